The van der Waals surface area contributed by atoms with Crippen LogP contribution in [-0.2, 0) is 0 Å². The van der Waals surface area contributed by atoms with Gasteiger partial charge in [-0.25, -0.2) is 0 Å². The molecule has 1 atom stereocenters. The van der Waals surface area contributed by atoms with Crippen LogP contribution >= 0.6 is 0 Å². The summed E-state index contributed by atoms with van der Waals surface area (Å²) in [6.07, 6.45) is 3.99. The summed E-state index contributed by atoms with van der Waals surface area (Å²) in [5.74, 6) is 0.732. The molecular formula is C16H22. The Labute approximate surface area is 99.4 Å². The first-order chi connectivity index (χ1) is 7.59. The molecule has 0 fully saturated rings. The number of allylic oxidation sites excluding steroid dienone is 2. The van der Waals surface area contributed by atoms with E-state index in [2.05, 4.69) is 45.9 Å². The molecule has 0 N–H and O–H groups in total. The van der Waals surface area contributed by atoms with E-state index in [0.29, 0.717) is 0 Å². The third-order valence-electron chi connectivity index (χ3n) is 3.81. The van der Waals surface area contributed by atoms with Gasteiger partial charge >= 0.3 is 0 Å². The lowest BCUT2D eigenvalue weighted by Gasteiger charge is -2.26. The maximum absolute atomic E-state index is 2.37. The normalized spacial score (nSPS) is 21.4. The molecule has 16 heavy (non-hydrogen) atoms. The van der Waals surface area contributed by atoms with Crippen LogP contribution < -0.4 is 0 Å². The van der Waals surface area contributed by atoms with Gasteiger partial charge in [0, 0.05) is 0 Å². The van der Waals surface area contributed by atoms with Crippen LogP contribution in [0.3, 0.4) is 0 Å². The molecule has 0 heteroatoms. The fraction of sp³-hybridized carbons (Fsp3) is 0.500. The van der Waals surface area contributed by atoms with Crippen molar-refractivity contribution in [1.82, 2.24) is 0 Å². The molecule has 0 heterocycles. The summed E-state index contributed by atoms with van der Waals surface area (Å²) in [4.78, 5) is 0. The second-order valence-corrected chi connectivity index (χ2v) is 5.31. The fourth-order valence-corrected chi connectivity index (χ4v) is 2.98. The molecule has 0 bridgehead atoms. The molecule has 86 valence electrons. The SMILES string of the molecule is CC1=C(c2ccc(C)cc2C)C(C)CCC1. The molecule has 2 rings (SSSR count). The first-order valence-corrected chi connectivity index (χ1v) is 6.37. The highest BCUT2D eigenvalue weighted by Crippen LogP contribution is 2.37. The Kier molecular flexibility index (Phi) is 3.18. The van der Waals surface area contributed by atoms with Gasteiger partial charge in [0.2, 0.25) is 0 Å². The van der Waals surface area contributed by atoms with Crippen LogP contribution in [0.1, 0.15) is 49.8 Å². The minimum Gasteiger partial charge on any atom is -0.0692 e. The number of hydrogen-bond donors (Lipinski definition) is 0. The third kappa shape index (κ3) is 2.07. The molecule has 0 saturated heterocycles. The zero-order valence-electron chi connectivity index (χ0n) is 10.9. The predicted molar refractivity (Wildman–Crippen MR) is 71.5 cm³/mol. The van der Waals surface area contributed by atoms with Gasteiger partial charge in [-0.3, -0.25) is 0 Å². The van der Waals surface area contributed by atoms with Crippen LogP contribution in [0.25, 0.3) is 5.57 Å². The quantitative estimate of drug-likeness (QED) is 0.624. The average Bonchev–Trinajstić information content (AvgIpc) is 2.20. The Hall–Kier alpha value is -1.04. The van der Waals surface area contributed by atoms with Crippen molar-refractivity contribution in [2.75, 3.05) is 0 Å². The second-order valence-electron chi connectivity index (χ2n) is 5.31. The first-order valence-electron chi connectivity index (χ1n) is 6.37. The second kappa shape index (κ2) is 4.45. The molecule has 0 nitrogen and oxygen atoms in total. The third-order valence-corrected chi connectivity index (χ3v) is 3.81. The minimum atomic E-state index is 0.732. The summed E-state index contributed by atoms with van der Waals surface area (Å²) < 4.78 is 0. The molecule has 0 radical (unpaired) electrons. The zero-order valence-corrected chi connectivity index (χ0v) is 10.9. The van der Waals surface area contributed by atoms with Crippen molar-refractivity contribution in [2.24, 2.45) is 5.92 Å². The molecule has 0 aliphatic heterocycles. The van der Waals surface area contributed by atoms with Crippen molar-refractivity contribution in [3.05, 3.63) is 40.5 Å². The summed E-state index contributed by atoms with van der Waals surface area (Å²) in [7, 11) is 0. The fourth-order valence-electron chi connectivity index (χ4n) is 2.98. The Bertz CT molecular complexity index is 424. The van der Waals surface area contributed by atoms with Gasteiger partial charge in [-0.15, -0.1) is 0 Å². The van der Waals surface area contributed by atoms with E-state index in [0.717, 1.165) is 5.92 Å². The number of hydrogen-bond acceptors (Lipinski definition) is 0. The van der Waals surface area contributed by atoms with Crippen molar-refractivity contribution in [1.29, 1.82) is 0 Å². The highest BCUT2D eigenvalue weighted by molar-refractivity contribution is 5.73. The average molecular weight is 214 g/mol. The number of rotatable bonds is 1. The van der Waals surface area contributed by atoms with E-state index < -0.39 is 0 Å². The summed E-state index contributed by atoms with van der Waals surface area (Å²) in [6, 6.07) is 6.85. The summed E-state index contributed by atoms with van der Waals surface area (Å²) in [6.45, 7) is 9.09. The van der Waals surface area contributed by atoms with Crippen molar-refractivity contribution in [3.8, 4) is 0 Å². The lowest BCUT2D eigenvalue weighted by Crippen LogP contribution is -2.08. The molecule has 0 saturated carbocycles. The first kappa shape index (κ1) is 11.4. The highest BCUT2D eigenvalue weighted by atomic mass is 14.2. The molecule has 0 amide bonds. The van der Waals surface area contributed by atoms with Crippen LogP contribution in [-0.4, -0.2) is 0 Å². The van der Waals surface area contributed by atoms with Gasteiger partial charge in [0.25, 0.3) is 0 Å². The van der Waals surface area contributed by atoms with Crippen LogP contribution in [0.15, 0.2) is 23.8 Å². The van der Waals surface area contributed by atoms with E-state index in [1.807, 2.05) is 0 Å². The van der Waals surface area contributed by atoms with Gasteiger partial charge in [0.05, 0.1) is 0 Å². The van der Waals surface area contributed by atoms with Crippen molar-refractivity contribution in [2.45, 2.75) is 47.0 Å². The maximum Gasteiger partial charge on any atom is -0.0185 e. The summed E-state index contributed by atoms with van der Waals surface area (Å²) in [5, 5.41) is 0. The molecular weight excluding hydrogens is 192 g/mol. The topological polar surface area (TPSA) is 0 Å². The van der Waals surface area contributed by atoms with Crippen LogP contribution in [0.4, 0.5) is 0 Å². The molecule has 1 aliphatic carbocycles. The van der Waals surface area contributed by atoms with Crippen LogP contribution in [0.2, 0.25) is 0 Å². The lowest BCUT2D eigenvalue weighted by molar-refractivity contribution is 0.585. The van der Waals surface area contributed by atoms with Crippen molar-refractivity contribution < 1.29 is 0 Å². The van der Waals surface area contributed by atoms with Gasteiger partial charge in [-0.1, -0.05) is 36.3 Å². The largest absolute Gasteiger partial charge is 0.0692 e. The van der Waals surface area contributed by atoms with Crippen LogP contribution in [0.5, 0.6) is 0 Å². The molecule has 0 aromatic heterocycles. The Balaban J connectivity index is 2.50. The van der Waals surface area contributed by atoms with Crippen molar-refractivity contribution >= 4 is 5.57 Å². The van der Waals surface area contributed by atoms with E-state index in [-0.39, 0.29) is 0 Å². The number of benzene rings is 1. The van der Waals surface area contributed by atoms with Crippen molar-refractivity contribution in [3.63, 3.8) is 0 Å². The van der Waals surface area contributed by atoms with Gasteiger partial charge < -0.3 is 0 Å². The van der Waals surface area contributed by atoms with Gasteiger partial charge in [-0.05, 0) is 62.7 Å². The predicted octanol–water partition coefficient (Wildman–Crippen LogP) is 4.90. The van der Waals surface area contributed by atoms with Gasteiger partial charge in [-0.2, -0.15) is 0 Å². The molecule has 1 aromatic carbocycles. The monoisotopic (exact) mass is 214 g/mol. The summed E-state index contributed by atoms with van der Waals surface area (Å²) in [5.41, 5.74) is 7.50. The molecule has 0 spiro atoms. The Morgan fingerprint density at radius 3 is 2.50 bits per heavy atom. The van der Waals surface area contributed by atoms with Gasteiger partial charge in [0.15, 0.2) is 0 Å². The van der Waals surface area contributed by atoms with E-state index in [9.17, 15) is 0 Å². The molecule has 1 aliphatic rings. The van der Waals surface area contributed by atoms with Gasteiger partial charge in [0.1, 0.15) is 0 Å². The number of aryl methyl sites for hydroxylation is 2. The summed E-state index contributed by atoms with van der Waals surface area (Å²) >= 11 is 0. The van der Waals surface area contributed by atoms with Crippen LogP contribution in [0, 0.1) is 19.8 Å². The smallest absolute Gasteiger partial charge is 0.0185 e. The minimum absolute atomic E-state index is 0.732. The maximum atomic E-state index is 2.37. The lowest BCUT2D eigenvalue weighted by atomic mass is 9.79. The van der Waals surface area contributed by atoms with E-state index in [1.165, 1.54) is 36.0 Å². The molecule has 1 unspecified atom stereocenters. The standard InChI is InChI=1S/C16H22/c1-11-8-9-15(14(4)10-11)16-12(2)6-5-7-13(16)3/h8-10,12H,5-7H2,1-4H3. The Morgan fingerprint density at radius 2 is 1.88 bits per heavy atom. The molecule has 1 aromatic rings. The highest BCUT2D eigenvalue weighted by Gasteiger charge is 2.19. The van der Waals surface area contributed by atoms with E-state index in [1.54, 1.807) is 11.1 Å². The van der Waals surface area contributed by atoms with E-state index in [4.69, 9.17) is 0 Å². The zero-order chi connectivity index (χ0) is 11.7. The Morgan fingerprint density at radius 1 is 1.12 bits per heavy atom. The van der Waals surface area contributed by atoms with E-state index >= 15 is 0 Å².